The number of aromatic nitrogens is 2. The number of aromatic hydroxyl groups is 1. The lowest BCUT2D eigenvalue weighted by molar-refractivity contribution is 0.0697. The Morgan fingerprint density at radius 3 is 2.54 bits per heavy atom. The Labute approximate surface area is 225 Å². The molecule has 1 aliphatic rings. The highest BCUT2D eigenvalue weighted by Gasteiger charge is 2.43. The summed E-state index contributed by atoms with van der Waals surface area (Å²) < 4.78 is 2.06. The van der Waals surface area contributed by atoms with Gasteiger partial charge in [-0.15, -0.1) is 0 Å². The number of anilines is 1. The van der Waals surface area contributed by atoms with Crippen molar-refractivity contribution in [2.24, 2.45) is 0 Å². The number of aromatic carboxylic acids is 1. The minimum Gasteiger partial charge on any atom is -0.506 e. The van der Waals surface area contributed by atoms with Crippen LogP contribution in [-0.2, 0) is 0 Å². The van der Waals surface area contributed by atoms with E-state index in [1.54, 1.807) is 36.5 Å². The second kappa shape index (κ2) is 9.53. The van der Waals surface area contributed by atoms with Crippen LogP contribution in [0.5, 0.6) is 5.75 Å². The maximum absolute atomic E-state index is 11.7. The van der Waals surface area contributed by atoms with Gasteiger partial charge in [0.15, 0.2) is 5.11 Å². The summed E-state index contributed by atoms with van der Waals surface area (Å²) in [6.07, 6.45) is 1.74. The number of nitrogens with zero attached hydrogens (tertiary/aromatic N) is 3. The van der Waals surface area contributed by atoms with Crippen LogP contribution >= 0.6 is 23.8 Å². The number of carboxylic acid groups (broad SMARTS) is 1. The predicted octanol–water partition coefficient (Wildman–Crippen LogP) is 6.03. The Morgan fingerprint density at radius 1 is 1.05 bits per heavy atom. The second-order valence-corrected chi connectivity index (χ2v) is 9.92. The molecule has 3 N–H and O–H groups in total. The number of hydrogen-bond donors (Lipinski definition) is 3. The summed E-state index contributed by atoms with van der Waals surface area (Å²) in [5.41, 5.74) is 6.06. The number of phenols is 1. The van der Waals surface area contributed by atoms with E-state index in [1.165, 1.54) is 0 Å². The number of hydrogen-bond acceptors (Lipinski definition) is 4. The van der Waals surface area contributed by atoms with E-state index in [2.05, 4.69) is 20.9 Å². The molecule has 37 heavy (non-hydrogen) atoms. The number of rotatable bonds is 5. The lowest BCUT2D eigenvalue weighted by Gasteiger charge is -2.29. The van der Waals surface area contributed by atoms with Crippen LogP contribution in [0.15, 0.2) is 66.9 Å². The van der Waals surface area contributed by atoms with Crippen LogP contribution in [0.1, 0.15) is 50.7 Å². The zero-order valence-electron chi connectivity index (χ0n) is 20.4. The molecular formula is C28H25ClN4O3S. The summed E-state index contributed by atoms with van der Waals surface area (Å²) in [6, 6.07) is 17.1. The number of nitrogens with one attached hydrogen (secondary N) is 1. The molecule has 0 bridgehead atoms. The summed E-state index contributed by atoms with van der Waals surface area (Å²) in [4.78, 5) is 18.2. The van der Waals surface area contributed by atoms with E-state index in [4.69, 9.17) is 23.8 Å². The van der Waals surface area contributed by atoms with Crippen molar-refractivity contribution in [1.82, 2.24) is 14.9 Å². The minimum absolute atomic E-state index is 0.0547. The molecule has 1 fully saturated rings. The van der Waals surface area contributed by atoms with Crippen molar-refractivity contribution in [2.75, 3.05) is 4.90 Å². The molecule has 3 heterocycles. The summed E-state index contributed by atoms with van der Waals surface area (Å²) in [5.74, 6) is -0.925. The fourth-order valence-corrected chi connectivity index (χ4v) is 5.57. The number of thiocarbonyl (C=S) groups is 1. The van der Waals surface area contributed by atoms with Crippen molar-refractivity contribution in [1.29, 1.82) is 0 Å². The Morgan fingerprint density at radius 2 is 1.84 bits per heavy atom. The first-order valence-corrected chi connectivity index (χ1v) is 12.5. The maximum atomic E-state index is 11.7. The van der Waals surface area contributed by atoms with Gasteiger partial charge in [0.05, 0.1) is 29.0 Å². The van der Waals surface area contributed by atoms with Crippen LogP contribution < -0.4 is 10.2 Å². The molecule has 0 radical (unpaired) electrons. The molecule has 2 aromatic heterocycles. The Bertz CT molecular complexity index is 1540. The van der Waals surface area contributed by atoms with Gasteiger partial charge < -0.3 is 25.0 Å². The molecule has 0 amide bonds. The van der Waals surface area contributed by atoms with Gasteiger partial charge in [-0.25, -0.2) is 4.79 Å². The van der Waals surface area contributed by atoms with Gasteiger partial charge in [0, 0.05) is 28.3 Å². The molecular weight excluding hydrogens is 508 g/mol. The summed E-state index contributed by atoms with van der Waals surface area (Å²) >= 11 is 12.1. The molecule has 0 aliphatic carbocycles. The number of phenolic OH excluding ortho intramolecular Hbond substituents is 1. The van der Waals surface area contributed by atoms with Gasteiger partial charge in [-0.2, -0.15) is 0 Å². The van der Waals surface area contributed by atoms with Crippen molar-refractivity contribution >= 4 is 40.6 Å². The van der Waals surface area contributed by atoms with Gasteiger partial charge >= 0.3 is 5.97 Å². The predicted molar refractivity (Wildman–Crippen MR) is 148 cm³/mol. The van der Waals surface area contributed by atoms with E-state index in [0.717, 1.165) is 33.9 Å². The van der Waals surface area contributed by atoms with Gasteiger partial charge in [0.1, 0.15) is 5.75 Å². The van der Waals surface area contributed by atoms with Crippen molar-refractivity contribution in [2.45, 2.75) is 32.9 Å². The highest BCUT2D eigenvalue weighted by Crippen LogP contribution is 2.46. The summed E-state index contributed by atoms with van der Waals surface area (Å²) in [6.45, 7) is 5.95. The van der Waals surface area contributed by atoms with E-state index in [9.17, 15) is 15.0 Å². The van der Waals surface area contributed by atoms with Crippen LogP contribution in [0.25, 0.3) is 5.69 Å². The highest BCUT2D eigenvalue weighted by atomic mass is 35.5. The van der Waals surface area contributed by atoms with Crippen LogP contribution in [0.3, 0.4) is 0 Å². The summed E-state index contributed by atoms with van der Waals surface area (Å²) in [7, 11) is 0. The molecule has 0 saturated carbocycles. The van der Waals surface area contributed by atoms with Gasteiger partial charge in [-0.3, -0.25) is 4.98 Å². The largest absolute Gasteiger partial charge is 0.506 e. The molecule has 0 unspecified atom stereocenters. The van der Waals surface area contributed by atoms with E-state index < -0.39 is 5.97 Å². The zero-order chi connectivity index (χ0) is 26.4. The molecule has 2 atom stereocenters. The Balaban J connectivity index is 1.72. The standard InChI is InChI=1S/C28H25ClN4O3S/c1-15-7-8-18(27(35)36)13-22(15)32-16(2)12-20(17(32)3)26-25(21-6-4-5-11-30-21)31-28(37)33(26)23-14-19(29)9-10-24(23)34/h4-14,25-26,34H,1-3H3,(H,31,37)(H,35,36)/t25-,26+/m1/s1. The Hall–Kier alpha value is -3.88. The van der Waals surface area contributed by atoms with Crippen molar-refractivity contribution in [3.05, 3.63) is 106 Å². The molecule has 0 spiro atoms. The monoisotopic (exact) mass is 532 g/mol. The SMILES string of the molecule is Cc1ccc(C(=O)O)cc1-n1c(C)cc([C@H]2[C@@H](c3ccccn3)NC(=S)N2c2cc(Cl)ccc2O)c1C. The number of carbonyl (C=O) groups is 1. The van der Waals surface area contributed by atoms with Crippen LogP contribution in [0, 0.1) is 20.8 Å². The maximum Gasteiger partial charge on any atom is 0.335 e. The summed E-state index contributed by atoms with van der Waals surface area (Å²) in [5, 5.41) is 24.7. The third kappa shape index (κ3) is 4.32. The Kier molecular flexibility index (Phi) is 6.39. The number of benzene rings is 2. The van der Waals surface area contributed by atoms with Crippen molar-refractivity contribution in [3.8, 4) is 11.4 Å². The third-order valence-corrected chi connectivity index (χ3v) is 7.33. The van der Waals surface area contributed by atoms with Gasteiger partial charge in [-0.05, 0) is 92.6 Å². The second-order valence-electron chi connectivity index (χ2n) is 9.10. The lowest BCUT2D eigenvalue weighted by atomic mass is 9.96. The minimum atomic E-state index is -0.980. The van der Waals surface area contributed by atoms with E-state index in [-0.39, 0.29) is 23.4 Å². The van der Waals surface area contributed by atoms with Crippen LogP contribution in [0.2, 0.25) is 5.02 Å². The third-order valence-electron chi connectivity index (χ3n) is 6.78. The first-order chi connectivity index (χ1) is 17.7. The topological polar surface area (TPSA) is 90.6 Å². The molecule has 4 aromatic rings. The molecule has 1 aliphatic heterocycles. The van der Waals surface area contributed by atoms with Gasteiger partial charge in [-0.1, -0.05) is 23.7 Å². The number of halogens is 1. The van der Waals surface area contributed by atoms with Crippen molar-refractivity contribution in [3.63, 3.8) is 0 Å². The fourth-order valence-electron chi connectivity index (χ4n) is 5.06. The lowest BCUT2D eigenvalue weighted by Crippen LogP contribution is -2.29. The van der Waals surface area contributed by atoms with E-state index >= 15 is 0 Å². The van der Waals surface area contributed by atoms with Crippen LogP contribution in [0.4, 0.5) is 5.69 Å². The molecule has 5 rings (SSSR count). The van der Waals surface area contributed by atoms with E-state index in [0.29, 0.717) is 15.8 Å². The fraction of sp³-hybridized carbons (Fsp3) is 0.179. The normalized spacial score (nSPS) is 17.2. The first-order valence-electron chi connectivity index (χ1n) is 11.7. The number of carboxylic acids is 1. The molecule has 9 heteroatoms. The first kappa shape index (κ1) is 24.8. The molecule has 2 aromatic carbocycles. The number of pyridine rings is 1. The van der Waals surface area contributed by atoms with E-state index in [1.807, 2.05) is 49.9 Å². The highest BCUT2D eigenvalue weighted by molar-refractivity contribution is 7.80. The quantitative estimate of drug-likeness (QED) is 0.270. The molecule has 188 valence electrons. The zero-order valence-corrected chi connectivity index (χ0v) is 22.0. The number of aryl methyl sites for hydroxylation is 2. The van der Waals surface area contributed by atoms with Gasteiger partial charge in [0.2, 0.25) is 0 Å². The average Bonchev–Trinajstić information content (AvgIpc) is 3.36. The average molecular weight is 533 g/mol. The smallest absolute Gasteiger partial charge is 0.335 e. The molecule has 7 nitrogen and oxygen atoms in total. The van der Waals surface area contributed by atoms with Gasteiger partial charge in [0.25, 0.3) is 0 Å². The van der Waals surface area contributed by atoms with Crippen molar-refractivity contribution < 1.29 is 15.0 Å². The van der Waals surface area contributed by atoms with Crippen LogP contribution in [-0.4, -0.2) is 30.8 Å². The molecule has 1 saturated heterocycles.